The van der Waals surface area contributed by atoms with Gasteiger partial charge in [-0.25, -0.2) is 4.79 Å². The molecule has 0 fully saturated rings. The Morgan fingerprint density at radius 1 is 1.14 bits per heavy atom. The molecule has 1 heterocycles. The van der Waals surface area contributed by atoms with Gasteiger partial charge in [0.15, 0.2) is 0 Å². The number of hydrogen-bond donors (Lipinski definition) is 0. The number of rotatable bonds is 4. The third-order valence-electron chi connectivity index (χ3n) is 5.11. The first-order chi connectivity index (χ1) is 13.8. The maximum Gasteiger partial charge on any atom is 0.348 e. The average molecular weight is 392 g/mol. The van der Waals surface area contributed by atoms with Crippen LogP contribution in [0, 0.1) is 19.8 Å². The second-order valence-corrected chi connectivity index (χ2v) is 8.00. The van der Waals surface area contributed by atoms with Crippen LogP contribution in [0.15, 0.2) is 47.5 Å². The Balaban J connectivity index is 2.00. The van der Waals surface area contributed by atoms with Crippen molar-refractivity contribution in [3.8, 4) is 0 Å². The van der Waals surface area contributed by atoms with Gasteiger partial charge in [-0.1, -0.05) is 44.2 Å². The number of carbonyl (C=O) groups is 2. The molecule has 0 spiro atoms. The molecular weight excluding hydrogens is 362 g/mol. The lowest BCUT2D eigenvalue weighted by atomic mass is 9.96. The third kappa shape index (κ3) is 4.39. The number of benzene rings is 2. The maximum absolute atomic E-state index is 13.2. The molecule has 2 aromatic rings. The van der Waals surface area contributed by atoms with Crippen molar-refractivity contribution in [1.82, 2.24) is 4.90 Å². The summed E-state index contributed by atoms with van der Waals surface area (Å²) in [5.41, 5.74) is 5.02. The largest absolute Gasteiger partial charge is 0.348 e. The fraction of sp³-hybridized carbons (Fsp3) is 0.375. The van der Waals surface area contributed by atoms with Gasteiger partial charge in [0.05, 0.1) is 12.3 Å². The van der Waals surface area contributed by atoms with Crippen LogP contribution in [0.25, 0.3) is 0 Å². The molecule has 0 unspecified atom stereocenters. The Morgan fingerprint density at radius 3 is 2.48 bits per heavy atom. The van der Waals surface area contributed by atoms with Crippen molar-refractivity contribution in [2.45, 2.75) is 34.6 Å². The van der Waals surface area contributed by atoms with Crippen LogP contribution in [0.4, 0.5) is 10.5 Å². The Hall–Kier alpha value is -2.95. The molecule has 152 valence electrons. The van der Waals surface area contributed by atoms with Crippen molar-refractivity contribution in [2.24, 2.45) is 10.9 Å². The summed E-state index contributed by atoms with van der Waals surface area (Å²) in [6, 6.07) is 13.2. The van der Waals surface area contributed by atoms with Gasteiger partial charge in [0.2, 0.25) is 0 Å². The van der Waals surface area contributed by atoms with E-state index >= 15 is 0 Å². The quantitative estimate of drug-likeness (QED) is 0.748. The Kier molecular flexibility index (Phi) is 6.16. The molecule has 5 heteroatoms. The molecule has 3 rings (SSSR count). The van der Waals surface area contributed by atoms with E-state index in [4.69, 9.17) is 0 Å². The van der Waals surface area contributed by atoms with Crippen molar-refractivity contribution < 1.29 is 9.59 Å². The Morgan fingerprint density at radius 2 is 1.83 bits per heavy atom. The SMILES string of the molecule is CCN(C(=O)N=C1CN(CC(C)C)C(=O)c2ccccc21)c1cc(C)ccc1C. The van der Waals surface area contributed by atoms with Crippen molar-refractivity contribution in [3.05, 3.63) is 64.7 Å². The van der Waals surface area contributed by atoms with E-state index in [9.17, 15) is 9.59 Å². The fourth-order valence-electron chi connectivity index (χ4n) is 3.71. The first kappa shape index (κ1) is 20.8. The van der Waals surface area contributed by atoms with Gasteiger partial charge in [-0.2, -0.15) is 4.99 Å². The predicted octanol–water partition coefficient (Wildman–Crippen LogP) is 4.85. The van der Waals surface area contributed by atoms with Gasteiger partial charge in [0.1, 0.15) is 0 Å². The van der Waals surface area contributed by atoms with Crippen LogP contribution in [0.1, 0.15) is 47.8 Å². The van der Waals surface area contributed by atoms with Gasteiger partial charge in [-0.15, -0.1) is 0 Å². The van der Waals surface area contributed by atoms with Crippen LogP contribution in [0.3, 0.4) is 0 Å². The van der Waals surface area contributed by atoms with Gasteiger partial charge >= 0.3 is 6.03 Å². The lowest BCUT2D eigenvalue weighted by molar-refractivity contribution is 0.0755. The summed E-state index contributed by atoms with van der Waals surface area (Å²) < 4.78 is 0. The van der Waals surface area contributed by atoms with Crippen LogP contribution in [-0.2, 0) is 0 Å². The van der Waals surface area contributed by atoms with E-state index in [-0.39, 0.29) is 11.9 Å². The number of amides is 3. The standard InChI is InChI=1S/C24H29N3O2/c1-6-27(22-13-17(4)11-12-18(22)5)24(29)25-21-15-26(14-16(2)3)23(28)20-10-8-7-9-19(20)21/h7-13,16H,6,14-15H2,1-5H3. The molecule has 29 heavy (non-hydrogen) atoms. The molecule has 0 saturated carbocycles. The number of urea groups is 1. The van der Waals surface area contributed by atoms with Gasteiger partial charge in [-0.05, 0) is 49.9 Å². The van der Waals surface area contributed by atoms with Crippen LogP contribution in [0.2, 0.25) is 0 Å². The first-order valence-corrected chi connectivity index (χ1v) is 10.2. The minimum Gasteiger partial charge on any atom is -0.332 e. The van der Waals surface area contributed by atoms with E-state index in [1.54, 1.807) is 9.80 Å². The number of aryl methyl sites for hydroxylation is 2. The number of hydrogen-bond acceptors (Lipinski definition) is 2. The molecule has 0 bridgehead atoms. The molecule has 1 aliphatic rings. The smallest absolute Gasteiger partial charge is 0.332 e. The highest BCUT2D eigenvalue weighted by molar-refractivity contribution is 6.19. The third-order valence-corrected chi connectivity index (χ3v) is 5.11. The van der Waals surface area contributed by atoms with E-state index < -0.39 is 0 Å². The molecule has 0 saturated heterocycles. The second kappa shape index (κ2) is 8.60. The number of aliphatic imine (C=N–C) groups is 1. The summed E-state index contributed by atoms with van der Waals surface area (Å²) in [4.78, 5) is 34.0. The predicted molar refractivity (Wildman–Crippen MR) is 118 cm³/mol. The average Bonchev–Trinajstić information content (AvgIpc) is 2.68. The zero-order valence-corrected chi connectivity index (χ0v) is 17.9. The molecule has 3 amide bonds. The first-order valence-electron chi connectivity index (χ1n) is 10.2. The summed E-state index contributed by atoms with van der Waals surface area (Å²) in [6.45, 7) is 11.6. The topological polar surface area (TPSA) is 53.0 Å². The van der Waals surface area contributed by atoms with Gasteiger partial charge in [0, 0.05) is 29.9 Å². The molecule has 1 aliphatic heterocycles. The molecule has 2 aromatic carbocycles. The minimum absolute atomic E-state index is 0.00238. The molecule has 0 atom stereocenters. The van der Waals surface area contributed by atoms with Crippen molar-refractivity contribution >= 4 is 23.3 Å². The Bertz CT molecular complexity index is 962. The molecule has 0 radical (unpaired) electrons. The van der Waals surface area contributed by atoms with E-state index in [1.165, 1.54) is 0 Å². The normalized spacial score (nSPS) is 15.0. The van der Waals surface area contributed by atoms with Crippen molar-refractivity contribution in [1.29, 1.82) is 0 Å². The second-order valence-electron chi connectivity index (χ2n) is 8.00. The number of nitrogens with zero attached hydrogens (tertiary/aromatic N) is 3. The lowest BCUT2D eigenvalue weighted by Crippen LogP contribution is -2.44. The zero-order chi connectivity index (χ0) is 21.1. The van der Waals surface area contributed by atoms with E-state index in [2.05, 4.69) is 18.8 Å². The maximum atomic E-state index is 13.2. The fourth-order valence-corrected chi connectivity index (χ4v) is 3.71. The van der Waals surface area contributed by atoms with Crippen LogP contribution in [0.5, 0.6) is 0 Å². The molecule has 0 aliphatic carbocycles. The summed E-state index contributed by atoms with van der Waals surface area (Å²) in [7, 11) is 0. The van der Waals surface area contributed by atoms with E-state index in [1.807, 2.05) is 63.2 Å². The van der Waals surface area contributed by atoms with E-state index in [0.29, 0.717) is 36.8 Å². The van der Waals surface area contributed by atoms with Crippen molar-refractivity contribution in [2.75, 3.05) is 24.5 Å². The van der Waals surface area contributed by atoms with Crippen LogP contribution in [-0.4, -0.2) is 42.2 Å². The van der Waals surface area contributed by atoms with Crippen molar-refractivity contribution in [3.63, 3.8) is 0 Å². The molecule has 0 aromatic heterocycles. The zero-order valence-electron chi connectivity index (χ0n) is 17.9. The highest BCUT2D eigenvalue weighted by Gasteiger charge is 2.29. The number of carbonyl (C=O) groups excluding carboxylic acids is 2. The van der Waals surface area contributed by atoms with Crippen LogP contribution < -0.4 is 4.90 Å². The summed E-state index contributed by atoms with van der Waals surface area (Å²) in [5, 5.41) is 0. The monoisotopic (exact) mass is 391 g/mol. The Labute approximate surface area is 173 Å². The highest BCUT2D eigenvalue weighted by atomic mass is 16.2. The van der Waals surface area contributed by atoms with Gasteiger partial charge < -0.3 is 4.90 Å². The summed E-state index contributed by atoms with van der Waals surface area (Å²) >= 11 is 0. The number of anilines is 1. The molecular formula is C24H29N3O2. The number of fused-ring (bicyclic) bond motifs is 1. The van der Waals surface area contributed by atoms with E-state index in [0.717, 1.165) is 22.4 Å². The molecule has 5 nitrogen and oxygen atoms in total. The minimum atomic E-state index is -0.301. The lowest BCUT2D eigenvalue weighted by Gasteiger charge is -2.31. The van der Waals surface area contributed by atoms with Crippen LogP contribution >= 0.6 is 0 Å². The van der Waals surface area contributed by atoms with Gasteiger partial charge in [-0.3, -0.25) is 9.69 Å². The highest BCUT2D eigenvalue weighted by Crippen LogP contribution is 2.24. The summed E-state index contributed by atoms with van der Waals surface area (Å²) in [6.07, 6.45) is 0. The summed E-state index contributed by atoms with van der Waals surface area (Å²) in [5.74, 6) is 0.339. The van der Waals surface area contributed by atoms with Gasteiger partial charge in [0.25, 0.3) is 5.91 Å². The molecule has 0 N–H and O–H groups in total.